The molecule has 106 valence electrons. The summed E-state index contributed by atoms with van der Waals surface area (Å²) in [7, 11) is -3.05. The Bertz CT molecular complexity index is 585. The standard InChI is InChI=1S/C11H16N2O4S2/c1-4-19(16,17)6-5-18-10-9(11(14)15)7(2)12-8(3)13-10/h4-6H2,1-3H3,(H,14,15). The van der Waals surface area contributed by atoms with Crippen LogP contribution in [0.4, 0.5) is 0 Å². The lowest BCUT2D eigenvalue weighted by Gasteiger charge is -2.08. The molecule has 0 unspecified atom stereocenters. The number of carboxylic acids is 1. The topological polar surface area (TPSA) is 97.2 Å². The van der Waals surface area contributed by atoms with E-state index < -0.39 is 15.8 Å². The minimum Gasteiger partial charge on any atom is -0.478 e. The van der Waals surface area contributed by atoms with E-state index in [1.165, 1.54) is 0 Å². The first kappa shape index (κ1) is 15.9. The normalized spacial score (nSPS) is 11.5. The van der Waals surface area contributed by atoms with Crippen molar-refractivity contribution in [3.05, 3.63) is 17.1 Å². The van der Waals surface area contributed by atoms with Crippen LogP contribution in [0.15, 0.2) is 5.03 Å². The second-order valence-corrected chi connectivity index (χ2v) is 7.48. The fraction of sp³-hybridized carbons (Fsp3) is 0.545. The van der Waals surface area contributed by atoms with Crippen LogP contribution in [0.2, 0.25) is 0 Å². The average Bonchev–Trinajstić information content (AvgIpc) is 2.27. The number of carboxylic acid groups (broad SMARTS) is 1. The fourth-order valence-electron chi connectivity index (χ4n) is 1.44. The molecule has 1 aromatic heterocycles. The van der Waals surface area contributed by atoms with Gasteiger partial charge in [-0.15, -0.1) is 11.8 Å². The summed E-state index contributed by atoms with van der Waals surface area (Å²) < 4.78 is 22.8. The van der Waals surface area contributed by atoms with Gasteiger partial charge < -0.3 is 5.11 Å². The summed E-state index contributed by atoms with van der Waals surface area (Å²) in [5.74, 6) is -0.246. The van der Waals surface area contributed by atoms with Gasteiger partial charge in [-0.2, -0.15) is 0 Å². The summed E-state index contributed by atoms with van der Waals surface area (Å²) in [6.07, 6.45) is 0. The molecule has 1 N–H and O–H groups in total. The van der Waals surface area contributed by atoms with E-state index in [1.54, 1.807) is 20.8 Å². The number of aromatic nitrogens is 2. The van der Waals surface area contributed by atoms with Crippen molar-refractivity contribution in [3.8, 4) is 0 Å². The number of thioether (sulfide) groups is 1. The second-order valence-electron chi connectivity index (χ2n) is 3.93. The first-order chi connectivity index (χ1) is 8.76. The molecule has 0 saturated heterocycles. The Labute approximate surface area is 116 Å². The van der Waals surface area contributed by atoms with Crippen LogP contribution in [0.1, 0.15) is 28.8 Å². The van der Waals surface area contributed by atoms with Crippen molar-refractivity contribution >= 4 is 27.6 Å². The zero-order valence-corrected chi connectivity index (χ0v) is 12.6. The van der Waals surface area contributed by atoms with Gasteiger partial charge >= 0.3 is 5.97 Å². The molecule has 0 atom stereocenters. The van der Waals surface area contributed by atoms with E-state index in [0.29, 0.717) is 16.5 Å². The SMILES string of the molecule is CCS(=O)(=O)CCSc1nc(C)nc(C)c1C(=O)O. The highest BCUT2D eigenvalue weighted by Crippen LogP contribution is 2.23. The first-order valence-corrected chi connectivity index (χ1v) is 8.49. The van der Waals surface area contributed by atoms with Gasteiger partial charge in [0.25, 0.3) is 0 Å². The summed E-state index contributed by atoms with van der Waals surface area (Å²) in [5, 5.41) is 9.45. The van der Waals surface area contributed by atoms with Gasteiger partial charge in [0.15, 0.2) is 9.84 Å². The molecule has 0 bridgehead atoms. The van der Waals surface area contributed by atoms with E-state index >= 15 is 0 Å². The molecular formula is C11H16N2O4S2. The summed E-state index contributed by atoms with van der Waals surface area (Å²) >= 11 is 1.13. The van der Waals surface area contributed by atoms with Gasteiger partial charge in [-0.05, 0) is 13.8 Å². The van der Waals surface area contributed by atoms with Crippen molar-refractivity contribution in [3.63, 3.8) is 0 Å². The molecule has 6 nitrogen and oxygen atoms in total. The Kier molecular flexibility index (Phi) is 5.30. The lowest BCUT2D eigenvalue weighted by atomic mass is 10.2. The number of rotatable bonds is 6. The molecule has 0 radical (unpaired) electrons. The molecule has 19 heavy (non-hydrogen) atoms. The van der Waals surface area contributed by atoms with Gasteiger partial charge in [-0.25, -0.2) is 23.2 Å². The zero-order chi connectivity index (χ0) is 14.6. The molecule has 1 aromatic rings. The molecule has 1 rings (SSSR count). The largest absolute Gasteiger partial charge is 0.478 e. The molecule has 0 aliphatic rings. The quantitative estimate of drug-likeness (QED) is 0.625. The van der Waals surface area contributed by atoms with E-state index in [2.05, 4.69) is 9.97 Å². The van der Waals surface area contributed by atoms with Crippen molar-refractivity contribution in [2.75, 3.05) is 17.3 Å². The summed E-state index contributed by atoms with van der Waals surface area (Å²) in [5.41, 5.74) is 0.436. The van der Waals surface area contributed by atoms with Gasteiger partial charge in [0.2, 0.25) is 0 Å². The third kappa shape index (κ3) is 4.46. The lowest BCUT2D eigenvalue weighted by Crippen LogP contribution is -2.12. The highest BCUT2D eigenvalue weighted by Gasteiger charge is 2.18. The molecule has 0 aliphatic carbocycles. The smallest absolute Gasteiger partial charge is 0.340 e. The predicted molar refractivity (Wildman–Crippen MR) is 73.5 cm³/mol. The molecule has 0 aliphatic heterocycles. The van der Waals surface area contributed by atoms with E-state index in [9.17, 15) is 13.2 Å². The Morgan fingerprint density at radius 1 is 1.32 bits per heavy atom. The van der Waals surface area contributed by atoms with Crippen molar-refractivity contribution in [1.29, 1.82) is 0 Å². The van der Waals surface area contributed by atoms with Crippen LogP contribution < -0.4 is 0 Å². The molecule has 0 spiro atoms. The van der Waals surface area contributed by atoms with Crippen molar-refractivity contribution in [2.24, 2.45) is 0 Å². The van der Waals surface area contributed by atoms with Crippen LogP contribution in [0, 0.1) is 13.8 Å². The number of hydrogen-bond acceptors (Lipinski definition) is 6. The average molecular weight is 304 g/mol. The highest BCUT2D eigenvalue weighted by atomic mass is 32.2. The number of aryl methyl sites for hydroxylation is 2. The van der Waals surface area contributed by atoms with Gasteiger partial charge in [-0.1, -0.05) is 6.92 Å². The van der Waals surface area contributed by atoms with Crippen LogP contribution in [-0.4, -0.2) is 46.7 Å². The number of sulfone groups is 1. The van der Waals surface area contributed by atoms with E-state index in [0.717, 1.165) is 11.8 Å². The zero-order valence-electron chi connectivity index (χ0n) is 11.0. The molecule has 0 amide bonds. The molecule has 0 fully saturated rings. The maximum absolute atomic E-state index is 11.4. The Morgan fingerprint density at radius 2 is 1.95 bits per heavy atom. The van der Waals surface area contributed by atoms with Crippen molar-refractivity contribution in [1.82, 2.24) is 9.97 Å². The van der Waals surface area contributed by atoms with Crippen molar-refractivity contribution < 1.29 is 18.3 Å². The van der Waals surface area contributed by atoms with Gasteiger partial charge in [0.1, 0.15) is 16.4 Å². The van der Waals surface area contributed by atoms with Gasteiger partial charge in [-0.3, -0.25) is 0 Å². The van der Waals surface area contributed by atoms with Crippen LogP contribution in [-0.2, 0) is 9.84 Å². The summed E-state index contributed by atoms with van der Waals surface area (Å²) in [4.78, 5) is 19.2. The number of nitrogens with zero attached hydrogens (tertiary/aromatic N) is 2. The molecule has 8 heteroatoms. The number of hydrogen-bond donors (Lipinski definition) is 1. The lowest BCUT2D eigenvalue weighted by molar-refractivity contribution is 0.0690. The third-order valence-electron chi connectivity index (χ3n) is 2.46. The van der Waals surface area contributed by atoms with E-state index in [1.807, 2.05) is 0 Å². The predicted octanol–water partition coefficient (Wildman–Crippen LogP) is 1.32. The monoisotopic (exact) mass is 304 g/mol. The van der Waals surface area contributed by atoms with Crippen molar-refractivity contribution in [2.45, 2.75) is 25.8 Å². The van der Waals surface area contributed by atoms with Crippen LogP contribution in [0.25, 0.3) is 0 Å². The molecule has 1 heterocycles. The minimum atomic E-state index is -3.05. The van der Waals surface area contributed by atoms with Crippen LogP contribution in [0.5, 0.6) is 0 Å². The van der Waals surface area contributed by atoms with Gasteiger partial charge in [0.05, 0.1) is 11.4 Å². The Balaban J connectivity index is 2.92. The Morgan fingerprint density at radius 3 is 2.47 bits per heavy atom. The van der Waals surface area contributed by atoms with Gasteiger partial charge in [0, 0.05) is 11.5 Å². The molecular weight excluding hydrogens is 288 g/mol. The van der Waals surface area contributed by atoms with E-state index in [-0.39, 0.29) is 22.8 Å². The maximum Gasteiger partial charge on any atom is 0.340 e. The molecule has 0 aromatic carbocycles. The second kappa shape index (κ2) is 6.33. The summed E-state index contributed by atoms with van der Waals surface area (Å²) in [6.45, 7) is 4.86. The maximum atomic E-state index is 11.4. The summed E-state index contributed by atoms with van der Waals surface area (Å²) in [6, 6.07) is 0. The first-order valence-electron chi connectivity index (χ1n) is 5.68. The van der Waals surface area contributed by atoms with E-state index in [4.69, 9.17) is 5.11 Å². The molecule has 0 saturated carbocycles. The highest BCUT2D eigenvalue weighted by molar-refractivity contribution is 8.00. The minimum absolute atomic E-state index is 0.00925. The van der Waals surface area contributed by atoms with Crippen LogP contribution >= 0.6 is 11.8 Å². The Hall–Kier alpha value is -1.15. The fourth-order valence-corrected chi connectivity index (χ4v) is 3.85. The number of carbonyl (C=O) groups is 1. The third-order valence-corrected chi connectivity index (χ3v) is 5.40. The van der Waals surface area contributed by atoms with Crippen LogP contribution in [0.3, 0.4) is 0 Å². The number of aromatic carboxylic acids is 1.